The van der Waals surface area contributed by atoms with Crippen molar-refractivity contribution in [3.05, 3.63) is 30.1 Å². The Morgan fingerprint density at radius 2 is 2.18 bits per heavy atom. The van der Waals surface area contributed by atoms with E-state index in [1.54, 1.807) is 6.20 Å². The van der Waals surface area contributed by atoms with Gasteiger partial charge in [-0.15, -0.1) is 0 Å². The largest absolute Gasteiger partial charge is 0.355 e. The molecule has 0 aliphatic heterocycles. The highest BCUT2D eigenvalue weighted by Gasteiger charge is 2.22. The van der Waals surface area contributed by atoms with Crippen molar-refractivity contribution in [1.82, 2.24) is 15.6 Å². The normalized spacial score (nSPS) is 11.2. The van der Waals surface area contributed by atoms with Crippen LogP contribution in [0.15, 0.2) is 24.4 Å². The lowest BCUT2D eigenvalue weighted by Gasteiger charge is -2.24. The van der Waals surface area contributed by atoms with Crippen molar-refractivity contribution in [1.29, 1.82) is 0 Å². The molecule has 4 nitrogen and oxygen atoms in total. The third-order valence-corrected chi connectivity index (χ3v) is 2.69. The van der Waals surface area contributed by atoms with E-state index < -0.39 is 0 Å². The first-order valence-corrected chi connectivity index (χ1v) is 5.89. The van der Waals surface area contributed by atoms with Gasteiger partial charge < -0.3 is 10.6 Å². The van der Waals surface area contributed by atoms with Crippen LogP contribution in [0.1, 0.15) is 26.0 Å². The minimum absolute atomic E-state index is 0.0726. The molecule has 4 heteroatoms. The van der Waals surface area contributed by atoms with Gasteiger partial charge in [-0.2, -0.15) is 0 Å². The summed E-state index contributed by atoms with van der Waals surface area (Å²) in [6.07, 6.45) is 2.29. The summed E-state index contributed by atoms with van der Waals surface area (Å²) < 4.78 is 0. The van der Waals surface area contributed by atoms with Gasteiger partial charge in [-0.1, -0.05) is 19.9 Å². The molecule has 0 aromatic carbocycles. The topological polar surface area (TPSA) is 54.0 Å². The summed E-state index contributed by atoms with van der Waals surface area (Å²) in [6, 6.07) is 5.84. The second kappa shape index (κ2) is 6.35. The van der Waals surface area contributed by atoms with E-state index in [0.717, 1.165) is 5.69 Å². The SMILES string of the molecule is CNCCC(=O)NCC(C)(C)c1ccccn1. The minimum atomic E-state index is -0.142. The van der Waals surface area contributed by atoms with Gasteiger partial charge in [0.2, 0.25) is 5.91 Å². The number of nitrogens with one attached hydrogen (secondary N) is 2. The maximum Gasteiger partial charge on any atom is 0.221 e. The number of aromatic nitrogens is 1. The van der Waals surface area contributed by atoms with Crippen molar-refractivity contribution in [3.8, 4) is 0 Å². The van der Waals surface area contributed by atoms with E-state index >= 15 is 0 Å². The van der Waals surface area contributed by atoms with Crippen molar-refractivity contribution in [3.63, 3.8) is 0 Å². The molecule has 0 aliphatic rings. The molecule has 1 rings (SSSR count). The van der Waals surface area contributed by atoms with Crippen LogP contribution < -0.4 is 10.6 Å². The Kier molecular flexibility index (Phi) is 5.10. The molecular weight excluding hydrogens is 214 g/mol. The first-order chi connectivity index (χ1) is 8.06. The van der Waals surface area contributed by atoms with Crippen molar-refractivity contribution < 1.29 is 4.79 Å². The van der Waals surface area contributed by atoms with Crippen LogP contribution in [0.2, 0.25) is 0 Å². The van der Waals surface area contributed by atoms with Gasteiger partial charge in [-0.3, -0.25) is 9.78 Å². The molecule has 17 heavy (non-hydrogen) atoms. The Hall–Kier alpha value is -1.42. The second-order valence-corrected chi connectivity index (χ2v) is 4.73. The number of nitrogens with zero attached hydrogens (tertiary/aromatic N) is 1. The number of hydrogen-bond acceptors (Lipinski definition) is 3. The van der Waals surface area contributed by atoms with Crippen molar-refractivity contribution in [2.75, 3.05) is 20.1 Å². The van der Waals surface area contributed by atoms with Crippen molar-refractivity contribution in [2.45, 2.75) is 25.7 Å². The zero-order valence-electron chi connectivity index (χ0n) is 10.8. The molecule has 0 atom stereocenters. The molecule has 1 heterocycles. The highest BCUT2D eigenvalue weighted by Crippen LogP contribution is 2.19. The van der Waals surface area contributed by atoms with E-state index in [4.69, 9.17) is 0 Å². The maximum absolute atomic E-state index is 11.5. The molecule has 0 fully saturated rings. The van der Waals surface area contributed by atoms with Crippen LogP contribution in [0, 0.1) is 0 Å². The van der Waals surface area contributed by atoms with Crippen LogP contribution in [0.4, 0.5) is 0 Å². The number of hydrogen-bond donors (Lipinski definition) is 2. The Morgan fingerprint density at radius 3 is 2.76 bits per heavy atom. The molecule has 2 N–H and O–H groups in total. The van der Waals surface area contributed by atoms with E-state index in [-0.39, 0.29) is 11.3 Å². The van der Waals surface area contributed by atoms with Gasteiger partial charge >= 0.3 is 0 Å². The maximum atomic E-state index is 11.5. The summed E-state index contributed by atoms with van der Waals surface area (Å²) in [6.45, 7) is 5.46. The Labute approximate surface area is 103 Å². The van der Waals surface area contributed by atoms with Crippen LogP contribution in [0.25, 0.3) is 0 Å². The summed E-state index contributed by atoms with van der Waals surface area (Å²) in [7, 11) is 1.84. The summed E-state index contributed by atoms with van der Waals surface area (Å²) in [5, 5.41) is 5.89. The van der Waals surface area contributed by atoms with Crippen LogP contribution >= 0.6 is 0 Å². The van der Waals surface area contributed by atoms with Gasteiger partial charge in [0.1, 0.15) is 0 Å². The van der Waals surface area contributed by atoms with Gasteiger partial charge in [-0.25, -0.2) is 0 Å². The van der Waals surface area contributed by atoms with Crippen molar-refractivity contribution in [2.24, 2.45) is 0 Å². The second-order valence-electron chi connectivity index (χ2n) is 4.73. The smallest absolute Gasteiger partial charge is 0.221 e. The van der Waals surface area contributed by atoms with E-state index in [0.29, 0.717) is 19.5 Å². The number of pyridine rings is 1. The molecule has 1 aromatic rings. The lowest BCUT2D eigenvalue weighted by atomic mass is 9.88. The lowest BCUT2D eigenvalue weighted by molar-refractivity contribution is -0.121. The fourth-order valence-corrected chi connectivity index (χ4v) is 1.50. The first-order valence-electron chi connectivity index (χ1n) is 5.89. The quantitative estimate of drug-likeness (QED) is 0.776. The Bertz CT molecular complexity index is 349. The predicted molar refractivity (Wildman–Crippen MR) is 68.8 cm³/mol. The zero-order valence-corrected chi connectivity index (χ0v) is 10.8. The zero-order chi connectivity index (χ0) is 12.7. The summed E-state index contributed by atoms with van der Waals surface area (Å²) in [5.74, 6) is 0.0726. The lowest BCUT2D eigenvalue weighted by Crippen LogP contribution is -2.38. The van der Waals surface area contributed by atoms with Crippen LogP contribution in [-0.2, 0) is 10.2 Å². The molecule has 94 valence electrons. The molecular formula is C13H21N3O. The van der Waals surface area contributed by atoms with Crippen LogP contribution in [0.5, 0.6) is 0 Å². The Balaban J connectivity index is 2.48. The van der Waals surface area contributed by atoms with E-state index in [9.17, 15) is 4.79 Å². The Morgan fingerprint density at radius 1 is 1.41 bits per heavy atom. The average Bonchev–Trinajstić information content (AvgIpc) is 2.35. The molecule has 0 aliphatic carbocycles. The molecule has 0 saturated heterocycles. The van der Waals surface area contributed by atoms with E-state index in [1.165, 1.54) is 0 Å². The summed E-state index contributed by atoms with van der Waals surface area (Å²) >= 11 is 0. The molecule has 0 saturated carbocycles. The first kappa shape index (κ1) is 13.6. The molecule has 1 amide bonds. The molecule has 0 radical (unpaired) electrons. The van der Waals surface area contributed by atoms with Gasteiger partial charge in [0.15, 0.2) is 0 Å². The third-order valence-electron chi connectivity index (χ3n) is 2.69. The number of carbonyl (C=O) groups is 1. The fourth-order valence-electron chi connectivity index (χ4n) is 1.50. The van der Waals surface area contributed by atoms with Gasteiger partial charge in [0.25, 0.3) is 0 Å². The molecule has 0 unspecified atom stereocenters. The highest BCUT2D eigenvalue weighted by atomic mass is 16.1. The van der Waals surface area contributed by atoms with E-state index in [1.807, 2.05) is 25.2 Å². The predicted octanol–water partition coefficient (Wildman–Crippen LogP) is 1.08. The molecule has 1 aromatic heterocycles. The third kappa shape index (κ3) is 4.53. The van der Waals surface area contributed by atoms with E-state index in [2.05, 4.69) is 29.5 Å². The van der Waals surface area contributed by atoms with Crippen LogP contribution in [0.3, 0.4) is 0 Å². The molecule has 0 spiro atoms. The summed E-state index contributed by atoms with van der Waals surface area (Å²) in [5.41, 5.74) is 0.852. The monoisotopic (exact) mass is 235 g/mol. The highest BCUT2D eigenvalue weighted by molar-refractivity contribution is 5.76. The molecule has 0 bridgehead atoms. The fraction of sp³-hybridized carbons (Fsp3) is 0.538. The number of amides is 1. The number of rotatable bonds is 6. The van der Waals surface area contributed by atoms with Crippen LogP contribution in [-0.4, -0.2) is 31.0 Å². The average molecular weight is 235 g/mol. The van der Waals surface area contributed by atoms with Crippen molar-refractivity contribution >= 4 is 5.91 Å². The standard InChI is InChI=1S/C13H21N3O/c1-13(2,11-6-4-5-8-15-11)10-16-12(17)7-9-14-3/h4-6,8,14H,7,9-10H2,1-3H3,(H,16,17). The minimum Gasteiger partial charge on any atom is -0.355 e. The number of carbonyl (C=O) groups excluding carboxylic acids is 1. The van der Waals surface area contributed by atoms with Gasteiger partial charge in [-0.05, 0) is 19.2 Å². The van der Waals surface area contributed by atoms with Gasteiger partial charge in [0, 0.05) is 36.8 Å². The van der Waals surface area contributed by atoms with Gasteiger partial charge in [0.05, 0.1) is 0 Å². The summed E-state index contributed by atoms with van der Waals surface area (Å²) in [4.78, 5) is 15.8.